The van der Waals surface area contributed by atoms with Gasteiger partial charge in [0.25, 0.3) is 5.91 Å². The molecule has 2 aromatic carbocycles. The van der Waals surface area contributed by atoms with Gasteiger partial charge in [0, 0.05) is 39.8 Å². The summed E-state index contributed by atoms with van der Waals surface area (Å²) in [4.78, 5) is 23.8. The van der Waals surface area contributed by atoms with Gasteiger partial charge in [0.15, 0.2) is 0 Å². The summed E-state index contributed by atoms with van der Waals surface area (Å²) in [5.74, 6) is -0.590. The molecule has 0 bridgehead atoms. The fourth-order valence-corrected chi connectivity index (χ4v) is 3.53. The molecule has 3 aromatic rings. The highest BCUT2D eigenvalue weighted by atomic mass is 79.9. The van der Waals surface area contributed by atoms with Gasteiger partial charge in [0.1, 0.15) is 11.6 Å². The van der Waals surface area contributed by atoms with Gasteiger partial charge in [-0.05, 0) is 80.1 Å². The van der Waals surface area contributed by atoms with Crippen molar-refractivity contribution in [3.8, 4) is 11.8 Å². The third-order valence-electron chi connectivity index (χ3n) is 4.68. The maximum atomic E-state index is 12.6. The summed E-state index contributed by atoms with van der Waals surface area (Å²) in [6.45, 7) is 5.36. The molecule has 0 aliphatic rings. The number of aromatic nitrogens is 1. The first-order chi connectivity index (χ1) is 14.8. The molecule has 1 heterocycles. The number of carbonyl (C=O) groups excluding carboxylic acids is 2. The molecule has 0 saturated carbocycles. The molecular formula is C24H21BrN4O2. The van der Waals surface area contributed by atoms with Crippen molar-refractivity contribution >= 4 is 45.2 Å². The van der Waals surface area contributed by atoms with Crippen molar-refractivity contribution in [3.63, 3.8) is 0 Å². The lowest BCUT2D eigenvalue weighted by Gasteiger charge is -2.11. The van der Waals surface area contributed by atoms with Gasteiger partial charge >= 0.3 is 0 Å². The van der Waals surface area contributed by atoms with Crippen LogP contribution in [-0.2, 0) is 9.59 Å². The van der Waals surface area contributed by atoms with Gasteiger partial charge in [0.2, 0.25) is 5.91 Å². The number of carbonyl (C=O) groups is 2. The standard InChI is InChI=1S/C24H21BrN4O2/c1-15-12-18(13-19(14-26)24(31)28-22-6-4-20(25)5-7-22)16(2)29(15)23-10-8-21(9-11-23)27-17(3)30/h4-13H,1-3H3,(H,27,30)(H,28,31)/b19-13-. The second-order valence-electron chi connectivity index (χ2n) is 7.02. The van der Waals surface area contributed by atoms with Crippen molar-refractivity contribution < 1.29 is 9.59 Å². The zero-order valence-electron chi connectivity index (χ0n) is 17.4. The van der Waals surface area contributed by atoms with Crippen molar-refractivity contribution in [1.29, 1.82) is 5.26 Å². The zero-order chi connectivity index (χ0) is 22.5. The Labute approximate surface area is 189 Å². The van der Waals surface area contributed by atoms with Crippen LogP contribution in [0.5, 0.6) is 0 Å². The van der Waals surface area contributed by atoms with E-state index in [-0.39, 0.29) is 11.5 Å². The van der Waals surface area contributed by atoms with E-state index >= 15 is 0 Å². The van der Waals surface area contributed by atoms with Gasteiger partial charge in [-0.15, -0.1) is 0 Å². The van der Waals surface area contributed by atoms with Crippen LogP contribution >= 0.6 is 15.9 Å². The molecule has 31 heavy (non-hydrogen) atoms. The van der Waals surface area contributed by atoms with Gasteiger partial charge < -0.3 is 15.2 Å². The van der Waals surface area contributed by atoms with E-state index in [0.717, 1.165) is 32.8 Å². The van der Waals surface area contributed by atoms with E-state index in [9.17, 15) is 14.9 Å². The third-order valence-corrected chi connectivity index (χ3v) is 5.21. The smallest absolute Gasteiger partial charge is 0.266 e. The van der Waals surface area contributed by atoms with Crippen molar-refractivity contribution in [2.45, 2.75) is 20.8 Å². The number of nitrogens with one attached hydrogen (secondary N) is 2. The number of hydrogen-bond acceptors (Lipinski definition) is 3. The van der Waals surface area contributed by atoms with Gasteiger partial charge in [-0.2, -0.15) is 5.26 Å². The summed E-state index contributed by atoms with van der Waals surface area (Å²) >= 11 is 3.35. The molecule has 0 aliphatic carbocycles. The highest BCUT2D eigenvalue weighted by Crippen LogP contribution is 2.24. The lowest BCUT2D eigenvalue weighted by Crippen LogP contribution is -2.13. The Morgan fingerprint density at radius 1 is 1.00 bits per heavy atom. The van der Waals surface area contributed by atoms with Crippen LogP contribution in [0.1, 0.15) is 23.9 Å². The number of nitriles is 1. The number of halogens is 1. The van der Waals surface area contributed by atoms with E-state index in [4.69, 9.17) is 0 Å². The minimum atomic E-state index is -0.464. The van der Waals surface area contributed by atoms with Gasteiger partial charge in [-0.1, -0.05) is 15.9 Å². The maximum Gasteiger partial charge on any atom is 0.266 e. The first kappa shape index (κ1) is 22.1. The van der Waals surface area contributed by atoms with E-state index in [2.05, 4.69) is 26.6 Å². The van der Waals surface area contributed by atoms with Crippen LogP contribution in [0, 0.1) is 25.2 Å². The SMILES string of the molecule is CC(=O)Nc1ccc(-n2c(C)cc(/C=C(/C#N)C(=O)Nc3ccc(Br)cc3)c2C)cc1. The quantitative estimate of drug-likeness (QED) is 0.383. The molecule has 2 N–H and O–H groups in total. The predicted octanol–water partition coefficient (Wildman–Crippen LogP) is 5.36. The van der Waals surface area contributed by atoms with Crippen molar-refractivity contribution in [2.75, 3.05) is 10.6 Å². The van der Waals surface area contributed by atoms with Crippen LogP contribution in [0.25, 0.3) is 11.8 Å². The lowest BCUT2D eigenvalue weighted by atomic mass is 10.1. The van der Waals surface area contributed by atoms with Crippen LogP contribution in [0.15, 0.2) is 64.6 Å². The molecule has 1 aromatic heterocycles. The Morgan fingerprint density at radius 2 is 1.58 bits per heavy atom. The Hall–Kier alpha value is -3.63. The van der Waals surface area contributed by atoms with E-state index < -0.39 is 5.91 Å². The second kappa shape index (κ2) is 9.45. The van der Waals surface area contributed by atoms with E-state index in [1.54, 1.807) is 18.2 Å². The number of anilines is 2. The fraction of sp³-hybridized carbons (Fsp3) is 0.125. The number of rotatable bonds is 5. The minimum Gasteiger partial charge on any atom is -0.326 e. The van der Waals surface area contributed by atoms with Crippen LogP contribution in [0.3, 0.4) is 0 Å². The Morgan fingerprint density at radius 3 is 2.16 bits per heavy atom. The number of aryl methyl sites for hydroxylation is 1. The van der Waals surface area contributed by atoms with Crippen LogP contribution in [0.2, 0.25) is 0 Å². The monoisotopic (exact) mass is 476 g/mol. The fourth-order valence-electron chi connectivity index (χ4n) is 3.26. The van der Waals surface area contributed by atoms with Crippen LogP contribution in [0.4, 0.5) is 11.4 Å². The summed E-state index contributed by atoms with van der Waals surface area (Å²) in [6, 6.07) is 18.5. The van der Waals surface area contributed by atoms with Gasteiger partial charge in [0.05, 0.1) is 0 Å². The third kappa shape index (κ3) is 5.30. The minimum absolute atomic E-state index is 0.0178. The normalized spacial score (nSPS) is 11.0. The highest BCUT2D eigenvalue weighted by Gasteiger charge is 2.14. The molecule has 0 spiro atoms. The predicted molar refractivity (Wildman–Crippen MR) is 126 cm³/mol. The molecule has 7 heteroatoms. The highest BCUT2D eigenvalue weighted by molar-refractivity contribution is 9.10. The number of benzene rings is 2. The first-order valence-corrected chi connectivity index (χ1v) is 10.3. The molecule has 0 unspecified atom stereocenters. The summed E-state index contributed by atoms with van der Waals surface area (Å²) in [7, 11) is 0. The Bertz CT molecular complexity index is 1200. The van der Waals surface area contributed by atoms with E-state index in [0.29, 0.717) is 5.69 Å². The molecule has 0 fully saturated rings. The molecule has 0 aliphatic heterocycles. The lowest BCUT2D eigenvalue weighted by molar-refractivity contribution is -0.114. The zero-order valence-corrected chi connectivity index (χ0v) is 18.9. The molecular weight excluding hydrogens is 456 g/mol. The second-order valence-corrected chi connectivity index (χ2v) is 7.94. The van der Waals surface area contributed by atoms with E-state index in [1.807, 2.05) is 66.9 Å². The Kier molecular flexibility index (Phi) is 6.73. The van der Waals surface area contributed by atoms with Gasteiger partial charge in [-0.3, -0.25) is 9.59 Å². The van der Waals surface area contributed by atoms with Crippen molar-refractivity contribution in [1.82, 2.24) is 4.57 Å². The first-order valence-electron chi connectivity index (χ1n) is 9.54. The average Bonchev–Trinajstić information content (AvgIpc) is 3.01. The molecule has 156 valence electrons. The van der Waals surface area contributed by atoms with E-state index in [1.165, 1.54) is 6.92 Å². The summed E-state index contributed by atoms with van der Waals surface area (Å²) in [6.07, 6.45) is 1.60. The number of hydrogen-bond donors (Lipinski definition) is 2. The maximum absolute atomic E-state index is 12.6. The average molecular weight is 477 g/mol. The molecule has 0 radical (unpaired) electrons. The Balaban J connectivity index is 1.88. The van der Waals surface area contributed by atoms with Crippen LogP contribution < -0.4 is 10.6 Å². The summed E-state index contributed by atoms with van der Waals surface area (Å²) in [5.41, 5.74) is 4.90. The van der Waals surface area contributed by atoms with Gasteiger partial charge in [-0.25, -0.2) is 0 Å². The molecule has 3 rings (SSSR count). The molecule has 6 nitrogen and oxygen atoms in total. The van der Waals surface area contributed by atoms with Crippen molar-refractivity contribution in [3.05, 3.63) is 81.6 Å². The number of nitrogens with zero attached hydrogens (tertiary/aromatic N) is 2. The molecule has 0 atom stereocenters. The molecule has 0 saturated heterocycles. The van der Waals surface area contributed by atoms with Crippen molar-refractivity contribution in [2.24, 2.45) is 0 Å². The summed E-state index contributed by atoms with van der Waals surface area (Å²) in [5, 5.41) is 15.0. The topological polar surface area (TPSA) is 86.9 Å². The summed E-state index contributed by atoms with van der Waals surface area (Å²) < 4.78 is 2.93. The molecule has 2 amide bonds. The number of amides is 2. The van der Waals surface area contributed by atoms with Crippen LogP contribution in [-0.4, -0.2) is 16.4 Å². The largest absolute Gasteiger partial charge is 0.326 e.